The predicted molar refractivity (Wildman–Crippen MR) is 67.1 cm³/mol. The number of ether oxygens (including phenoxy) is 2. The highest BCUT2D eigenvalue weighted by molar-refractivity contribution is 5.86. The molecular weight excluding hydrogens is 234 g/mol. The van der Waals surface area contributed by atoms with Gasteiger partial charge in [-0.25, -0.2) is 9.59 Å². The lowest BCUT2D eigenvalue weighted by Crippen LogP contribution is -2.53. The number of amides is 1. The molecule has 102 valence electrons. The van der Waals surface area contributed by atoms with Gasteiger partial charge in [-0.05, 0) is 26.2 Å². The molecule has 0 radical (unpaired) electrons. The highest BCUT2D eigenvalue weighted by Crippen LogP contribution is 2.31. The van der Waals surface area contributed by atoms with Crippen molar-refractivity contribution < 1.29 is 19.1 Å². The van der Waals surface area contributed by atoms with E-state index >= 15 is 0 Å². The fourth-order valence-corrected chi connectivity index (χ4v) is 2.09. The summed E-state index contributed by atoms with van der Waals surface area (Å²) in [6.45, 7) is 5.88. The minimum atomic E-state index is -0.888. The molecule has 1 rings (SSSR count). The Bertz CT molecular complexity index is 308. The van der Waals surface area contributed by atoms with Gasteiger partial charge in [-0.2, -0.15) is 0 Å². The van der Waals surface area contributed by atoms with Gasteiger partial charge in [0.25, 0.3) is 0 Å². The topological polar surface area (TPSA) is 64.6 Å². The van der Waals surface area contributed by atoms with Gasteiger partial charge < -0.3 is 14.8 Å². The number of rotatable bonds is 6. The molecule has 1 amide bonds. The predicted octanol–water partition coefficient (Wildman–Crippen LogP) is 2.16. The van der Waals surface area contributed by atoms with Gasteiger partial charge in [0.05, 0.1) is 13.2 Å². The van der Waals surface area contributed by atoms with Crippen molar-refractivity contribution in [3.05, 3.63) is 12.7 Å². The van der Waals surface area contributed by atoms with E-state index in [1.165, 1.54) is 0 Å². The van der Waals surface area contributed by atoms with Crippen molar-refractivity contribution >= 4 is 12.1 Å². The van der Waals surface area contributed by atoms with E-state index in [9.17, 15) is 9.59 Å². The quantitative estimate of drug-likeness (QED) is 0.449. The Morgan fingerprint density at radius 1 is 1.33 bits per heavy atom. The minimum Gasteiger partial charge on any atom is -0.464 e. The van der Waals surface area contributed by atoms with Crippen LogP contribution in [-0.4, -0.2) is 30.8 Å². The number of esters is 1. The second-order valence-corrected chi connectivity index (χ2v) is 4.35. The highest BCUT2D eigenvalue weighted by Gasteiger charge is 2.44. The average molecular weight is 255 g/mol. The van der Waals surface area contributed by atoms with Gasteiger partial charge in [0.15, 0.2) is 0 Å². The second kappa shape index (κ2) is 7.03. The van der Waals surface area contributed by atoms with E-state index < -0.39 is 11.6 Å². The zero-order chi connectivity index (χ0) is 13.4. The molecule has 1 aliphatic rings. The van der Waals surface area contributed by atoms with Crippen molar-refractivity contribution in [2.24, 2.45) is 0 Å². The standard InChI is InChI=1S/C13H21NO4/c1-3-5-10-18-12(16)14-13(8-6-7-9-13)11(15)17-4-2/h3H,1,4-10H2,2H3,(H,14,16). The number of alkyl carbamates (subject to hydrolysis) is 1. The fraction of sp³-hybridized carbons (Fsp3) is 0.692. The first kappa shape index (κ1) is 14.5. The van der Waals surface area contributed by atoms with Crippen molar-refractivity contribution in [3.63, 3.8) is 0 Å². The average Bonchev–Trinajstić information content (AvgIpc) is 2.79. The summed E-state index contributed by atoms with van der Waals surface area (Å²) in [4.78, 5) is 23.5. The van der Waals surface area contributed by atoms with E-state index in [2.05, 4.69) is 11.9 Å². The van der Waals surface area contributed by atoms with E-state index in [1.807, 2.05) is 0 Å². The van der Waals surface area contributed by atoms with Gasteiger partial charge in [-0.15, -0.1) is 6.58 Å². The van der Waals surface area contributed by atoms with Crippen molar-refractivity contribution in [2.45, 2.75) is 44.6 Å². The first-order chi connectivity index (χ1) is 8.64. The molecule has 5 nitrogen and oxygen atoms in total. The van der Waals surface area contributed by atoms with Crippen LogP contribution < -0.4 is 5.32 Å². The molecule has 0 bridgehead atoms. The van der Waals surface area contributed by atoms with Crippen LogP contribution in [0.4, 0.5) is 4.79 Å². The first-order valence-corrected chi connectivity index (χ1v) is 6.37. The molecule has 1 saturated carbocycles. The van der Waals surface area contributed by atoms with Gasteiger partial charge >= 0.3 is 12.1 Å². The molecule has 1 N–H and O–H groups in total. The van der Waals surface area contributed by atoms with Crippen molar-refractivity contribution in [1.29, 1.82) is 0 Å². The third-order valence-corrected chi connectivity index (χ3v) is 3.02. The van der Waals surface area contributed by atoms with Crippen LogP contribution in [0.25, 0.3) is 0 Å². The number of hydrogen-bond acceptors (Lipinski definition) is 4. The Hall–Kier alpha value is -1.52. The van der Waals surface area contributed by atoms with Crippen LogP contribution in [0.2, 0.25) is 0 Å². The monoisotopic (exact) mass is 255 g/mol. The van der Waals surface area contributed by atoms with Crippen LogP contribution >= 0.6 is 0 Å². The summed E-state index contributed by atoms with van der Waals surface area (Å²) in [5.74, 6) is -0.358. The van der Waals surface area contributed by atoms with Gasteiger partial charge in [0, 0.05) is 0 Å². The Kier molecular flexibility index (Phi) is 5.68. The Labute approximate surface area is 108 Å². The normalized spacial score (nSPS) is 16.9. The van der Waals surface area contributed by atoms with Gasteiger partial charge in [0.2, 0.25) is 0 Å². The number of nitrogens with one attached hydrogen (secondary N) is 1. The lowest BCUT2D eigenvalue weighted by Gasteiger charge is -2.27. The largest absolute Gasteiger partial charge is 0.464 e. The summed E-state index contributed by atoms with van der Waals surface area (Å²) in [6, 6.07) is 0. The molecule has 18 heavy (non-hydrogen) atoms. The molecule has 0 unspecified atom stereocenters. The van der Waals surface area contributed by atoms with E-state index in [0.29, 0.717) is 25.9 Å². The van der Waals surface area contributed by atoms with Crippen molar-refractivity contribution in [1.82, 2.24) is 5.32 Å². The van der Waals surface area contributed by atoms with Crippen molar-refractivity contribution in [3.8, 4) is 0 Å². The summed E-state index contributed by atoms with van der Waals surface area (Å²) >= 11 is 0. The Morgan fingerprint density at radius 2 is 2.00 bits per heavy atom. The number of carbonyl (C=O) groups is 2. The van der Waals surface area contributed by atoms with Crippen LogP contribution in [0.1, 0.15) is 39.0 Å². The minimum absolute atomic E-state index is 0.272. The second-order valence-electron chi connectivity index (χ2n) is 4.35. The van der Waals surface area contributed by atoms with Gasteiger partial charge in [0.1, 0.15) is 5.54 Å². The molecular formula is C13H21NO4. The molecule has 0 heterocycles. The third-order valence-electron chi connectivity index (χ3n) is 3.02. The molecule has 0 spiro atoms. The maximum Gasteiger partial charge on any atom is 0.408 e. The summed E-state index contributed by atoms with van der Waals surface area (Å²) in [7, 11) is 0. The smallest absolute Gasteiger partial charge is 0.408 e. The fourth-order valence-electron chi connectivity index (χ4n) is 2.09. The molecule has 1 aliphatic carbocycles. The zero-order valence-corrected chi connectivity index (χ0v) is 10.9. The lowest BCUT2D eigenvalue weighted by molar-refractivity contribution is -0.150. The molecule has 1 fully saturated rings. The number of carbonyl (C=O) groups excluding carboxylic acids is 2. The van der Waals surface area contributed by atoms with Crippen LogP contribution in [0.3, 0.4) is 0 Å². The van der Waals surface area contributed by atoms with Gasteiger partial charge in [-0.3, -0.25) is 0 Å². The van der Waals surface area contributed by atoms with Crippen LogP contribution in [-0.2, 0) is 14.3 Å². The first-order valence-electron chi connectivity index (χ1n) is 6.37. The summed E-state index contributed by atoms with van der Waals surface area (Å²) in [5, 5.41) is 2.67. The van der Waals surface area contributed by atoms with E-state index in [4.69, 9.17) is 9.47 Å². The van der Waals surface area contributed by atoms with E-state index in [0.717, 1.165) is 12.8 Å². The molecule has 0 aromatic carbocycles. The third kappa shape index (κ3) is 3.75. The molecule has 0 aromatic rings. The van der Waals surface area contributed by atoms with Crippen molar-refractivity contribution in [2.75, 3.05) is 13.2 Å². The molecule has 0 atom stereocenters. The SMILES string of the molecule is C=CCCOC(=O)NC1(C(=O)OCC)CCCC1. The summed E-state index contributed by atoms with van der Waals surface area (Å²) in [6.07, 6.45) is 4.75. The Morgan fingerprint density at radius 3 is 2.56 bits per heavy atom. The zero-order valence-electron chi connectivity index (χ0n) is 10.9. The van der Waals surface area contributed by atoms with Crippen LogP contribution in [0.15, 0.2) is 12.7 Å². The highest BCUT2D eigenvalue weighted by atomic mass is 16.6. The van der Waals surface area contributed by atoms with Gasteiger partial charge in [-0.1, -0.05) is 18.9 Å². The summed E-state index contributed by atoms with van der Waals surface area (Å²) in [5.41, 5.74) is -0.888. The lowest BCUT2D eigenvalue weighted by atomic mass is 9.98. The Balaban J connectivity index is 2.54. The summed E-state index contributed by atoms with van der Waals surface area (Å²) < 4.78 is 10.00. The molecule has 0 saturated heterocycles. The molecule has 0 aromatic heterocycles. The van der Waals surface area contributed by atoms with Crippen LogP contribution in [0.5, 0.6) is 0 Å². The van der Waals surface area contributed by atoms with E-state index in [-0.39, 0.29) is 12.6 Å². The molecule has 0 aliphatic heterocycles. The van der Waals surface area contributed by atoms with Crippen LogP contribution in [0, 0.1) is 0 Å². The van der Waals surface area contributed by atoms with E-state index in [1.54, 1.807) is 13.0 Å². The maximum atomic E-state index is 11.9. The maximum absolute atomic E-state index is 11.9. The number of hydrogen-bond donors (Lipinski definition) is 1. The molecule has 5 heteroatoms.